The highest BCUT2D eigenvalue weighted by Crippen LogP contribution is 2.24. The van der Waals surface area contributed by atoms with E-state index in [2.05, 4.69) is 43.8 Å². The molecule has 1 unspecified atom stereocenters. The van der Waals surface area contributed by atoms with E-state index in [-0.39, 0.29) is 6.04 Å². The summed E-state index contributed by atoms with van der Waals surface area (Å²) in [7, 11) is 2.04. The third-order valence-corrected chi connectivity index (χ3v) is 3.54. The van der Waals surface area contributed by atoms with E-state index >= 15 is 0 Å². The molecule has 2 heterocycles. The van der Waals surface area contributed by atoms with Crippen molar-refractivity contribution in [2.45, 2.75) is 19.9 Å². The van der Waals surface area contributed by atoms with Crippen LogP contribution in [0.5, 0.6) is 0 Å². The fourth-order valence-corrected chi connectivity index (χ4v) is 1.96. The van der Waals surface area contributed by atoms with E-state index in [0.29, 0.717) is 0 Å². The molecule has 0 bridgehead atoms. The van der Waals surface area contributed by atoms with Crippen molar-refractivity contribution in [1.29, 1.82) is 0 Å². The van der Waals surface area contributed by atoms with Gasteiger partial charge in [0.15, 0.2) is 0 Å². The summed E-state index contributed by atoms with van der Waals surface area (Å²) >= 11 is 3.39. The van der Waals surface area contributed by atoms with Crippen LogP contribution in [-0.2, 0) is 0 Å². The number of nitrogens with zero attached hydrogens (tertiary/aromatic N) is 3. The maximum Gasteiger partial charge on any atom is 0.128 e. The Labute approximate surface area is 116 Å². The van der Waals surface area contributed by atoms with Crippen molar-refractivity contribution in [3.05, 3.63) is 52.4 Å². The Morgan fingerprint density at radius 1 is 1.11 bits per heavy atom. The average molecular weight is 306 g/mol. The fraction of sp³-hybridized carbons (Fsp3) is 0.286. The van der Waals surface area contributed by atoms with Gasteiger partial charge in [0.05, 0.1) is 6.04 Å². The largest absolute Gasteiger partial charge is 0.353 e. The summed E-state index contributed by atoms with van der Waals surface area (Å²) in [5.41, 5.74) is 2.23. The lowest BCUT2D eigenvalue weighted by atomic mass is 10.1. The zero-order valence-corrected chi connectivity index (χ0v) is 12.3. The normalized spacial score (nSPS) is 12.2. The van der Waals surface area contributed by atoms with Gasteiger partial charge in [0, 0.05) is 29.6 Å². The first-order chi connectivity index (χ1) is 8.58. The van der Waals surface area contributed by atoms with Gasteiger partial charge in [0.2, 0.25) is 0 Å². The number of halogens is 1. The van der Waals surface area contributed by atoms with Crippen LogP contribution in [0.4, 0.5) is 5.82 Å². The van der Waals surface area contributed by atoms with E-state index in [1.807, 2.05) is 44.6 Å². The number of hydrogen-bond acceptors (Lipinski definition) is 3. The van der Waals surface area contributed by atoms with Gasteiger partial charge in [-0.05, 0) is 53.5 Å². The number of hydrogen-bond donors (Lipinski definition) is 0. The molecule has 0 N–H and O–H groups in total. The molecule has 0 aliphatic heterocycles. The molecule has 2 aromatic heterocycles. The molecule has 0 spiro atoms. The van der Waals surface area contributed by atoms with Crippen LogP contribution >= 0.6 is 15.9 Å². The summed E-state index contributed by atoms with van der Waals surface area (Å²) in [6, 6.07) is 8.39. The van der Waals surface area contributed by atoms with Crippen molar-refractivity contribution in [3.63, 3.8) is 0 Å². The summed E-state index contributed by atoms with van der Waals surface area (Å²) in [4.78, 5) is 10.9. The van der Waals surface area contributed by atoms with Crippen LogP contribution in [-0.4, -0.2) is 17.0 Å². The van der Waals surface area contributed by atoms with Crippen LogP contribution in [0.25, 0.3) is 0 Å². The molecular weight excluding hydrogens is 290 g/mol. The van der Waals surface area contributed by atoms with Crippen LogP contribution in [0, 0.1) is 6.92 Å². The number of rotatable bonds is 3. The molecule has 4 heteroatoms. The SMILES string of the molecule is Cc1ccc(C(C)N(C)c2ccc(Br)cn2)cn1. The molecule has 2 rings (SSSR count). The third kappa shape index (κ3) is 2.88. The zero-order valence-electron chi connectivity index (χ0n) is 10.8. The number of anilines is 1. The summed E-state index contributed by atoms with van der Waals surface area (Å²) in [5.74, 6) is 0.950. The van der Waals surface area contributed by atoms with Crippen LogP contribution in [0.2, 0.25) is 0 Å². The van der Waals surface area contributed by atoms with Crippen LogP contribution in [0.1, 0.15) is 24.2 Å². The quantitative estimate of drug-likeness (QED) is 0.865. The van der Waals surface area contributed by atoms with Crippen LogP contribution < -0.4 is 4.90 Å². The second-order valence-electron chi connectivity index (χ2n) is 4.35. The highest BCUT2D eigenvalue weighted by atomic mass is 79.9. The second kappa shape index (κ2) is 5.48. The van der Waals surface area contributed by atoms with Gasteiger partial charge < -0.3 is 4.90 Å². The first kappa shape index (κ1) is 13.0. The van der Waals surface area contributed by atoms with Gasteiger partial charge >= 0.3 is 0 Å². The lowest BCUT2D eigenvalue weighted by Crippen LogP contribution is -2.22. The third-order valence-electron chi connectivity index (χ3n) is 3.07. The molecule has 0 aliphatic carbocycles. The van der Waals surface area contributed by atoms with Gasteiger partial charge in [-0.2, -0.15) is 0 Å². The molecule has 3 nitrogen and oxygen atoms in total. The van der Waals surface area contributed by atoms with E-state index in [1.165, 1.54) is 5.56 Å². The van der Waals surface area contributed by atoms with E-state index in [4.69, 9.17) is 0 Å². The highest BCUT2D eigenvalue weighted by molar-refractivity contribution is 9.10. The van der Waals surface area contributed by atoms with Gasteiger partial charge in [-0.3, -0.25) is 4.98 Å². The van der Waals surface area contributed by atoms with E-state index in [9.17, 15) is 0 Å². The molecule has 0 amide bonds. The maximum atomic E-state index is 4.40. The predicted molar refractivity (Wildman–Crippen MR) is 77.7 cm³/mol. The monoisotopic (exact) mass is 305 g/mol. The maximum absolute atomic E-state index is 4.40. The standard InChI is InChI=1S/C14H16BrN3/c1-10-4-5-12(8-16-10)11(2)18(3)14-7-6-13(15)9-17-14/h4-9,11H,1-3H3. The Hall–Kier alpha value is -1.42. The second-order valence-corrected chi connectivity index (χ2v) is 5.27. The lowest BCUT2D eigenvalue weighted by Gasteiger charge is -2.26. The van der Waals surface area contributed by atoms with E-state index in [1.54, 1.807) is 0 Å². The highest BCUT2D eigenvalue weighted by Gasteiger charge is 2.13. The molecule has 0 radical (unpaired) electrons. The van der Waals surface area contributed by atoms with Crippen LogP contribution in [0.3, 0.4) is 0 Å². The minimum absolute atomic E-state index is 0.242. The predicted octanol–water partition coefficient (Wildman–Crippen LogP) is 3.74. The number of aryl methyl sites for hydroxylation is 1. The topological polar surface area (TPSA) is 29.0 Å². The molecule has 94 valence electrons. The summed E-state index contributed by atoms with van der Waals surface area (Å²) in [5, 5.41) is 0. The Bertz CT molecular complexity index is 458. The van der Waals surface area contributed by atoms with Gasteiger partial charge in [-0.15, -0.1) is 0 Å². The molecule has 0 aromatic carbocycles. The molecule has 18 heavy (non-hydrogen) atoms. The van der Waals surface area contributed by atoms with Crippen LogP contribution in [0.15, 0.2) is 41.1 Å². The van der Waals surface area contributed by atoms with Crippen molar-refractivity contribution in [2.24, 2.45) is 0 Å². The van der Waals surface area contributed by atoms with Gasteiger partial charge in [0.25, 0.3) is 0 Å². The Morgan fingerprint density at radius 2 is 1.89 bits per heavy atom. The minimum atomic E-state index is 0.242. The molecule has 2 aromatic rings. The molecule has 1 atom stereocenters. The first-order valence-electron chi connectivity index (χ1n) is 5.85. The van der Waals surface area contributed by atoms with Crippen molar-refractivity contribution in [1.82, 2.24) is 9.97 Å². The Kier molecular flexibility index (Phi) is 3.97. The van der Waals surface area contributed by atoms with Crippen molar-refractivity contribution in [3.8, 4) is 0 Å². The number of aromatic nitrogens is 2. The van der Waals surface area contributed by atoms with E-state index in [0.717, 1.165) is 16.0 Å². The molecule has 0 saturated carbocycles. The van der Waals surface area contributed by atoms with Gasteiger partial charge in [-0.25, -0.2) is 4.98 Å². The summed E-state index contributed by atoms with van der Waals surface area (Å²) < 4.78 is 0.990. The molecule has 0 fully saturated rings. The summed E-state index contributed by atoms with van der Waals surface area (Å²) in [6.45, 7) is 4.14. The Morgan fingerprint density at radius 3 is 2.44 bits per heavy atom. The van der Waals surface area contributed by atoms with Crippen molar-refractivity contribution >= 4 is 21.7 Å². The Balaban J connectivity index is 2.20. The molecular formula is C14H16BrN3. The van der Waals surface area contributed by atoms with E-state index < -0.39 is 0 Å². The summed E-state index contributed by atoms with van der Waals surface area (Å²) in [6.07, 6.45) is 3.74. The van der Waals surface area contributed by atoms with Gasteiger partial charge in [-0.1, -0.05) is 6.07 Å². The fourth-order valence-electron chi connectivity index (χ4n) is 1.73. The molecule has 0 saturated heterocycles. The van der Waals surface area contributed by atoms with Crippen molar-refractivity contribution < 1.29 is 0 Å². The average Bonchev–Trinajstić information content (AvgIpc) is 2.39. The van der Waals surface area contributed by atoms with Gasteiger partial charge in [0.1, 0.15) is 5.82 Å². The minimum Gasteiger partial charge on any atom is -0.353 e. The van der Waals surface area contributed by atoms with Crippen molar-refractivity contribution in [2.75, 3.05) is 11.9 Å². The zero-order chi connectivity index (χ0) is 13.1. The smallest absolute Gasteiger partial charge is 0.128 e. The molecule has 0 aliphatic rings. The first-order valence-corrected chi connectivity index (χ1v) is 6.64. The lowest BCUT2D eigenvalue weighted by molar-refractivity contribution is 0.724. The number of pyridine rings is 2.